The Bertz CT molecular complexity index is 811. The molecule has 0 unspecified atom stereocenters. The topological polar surface area (TPSA) is 38.9 Å². The zero-order valence-electron chi connectivity index (χ0n) is 10.4. The number of hydrogen-bond acceptors (Lipinski definition) is 3. The second-order valence-corrected chi connectivity index (χ2v) is 5.81. The van der Waals surface area contributed by atoms with Crippen molar-refractivity contribution in [3.05, 3.63) is 46.6 Å². The average Bonchev–Trinajstić information content (AvgIpc) is 3.18. The Morgan fingerprint density at radius 2 is 2.00 bits per heavy atom. The molecule has 0 N–H and O–H groups in total. The number of aromatic nitrogens is 2. The molecule has 1 fully saturated rings. The van der Waals surface area contributed by atoms with Crippen molar-refractivity contribution in [3.63, 3.8) is 0 Å². The van der Waals surface area contributed by atoms with E-state index in [1.807, 2.05) is 12.1 Å². The van der Waals surface area contributed by atoms with Gasteiger partial charge in [0.15, 0.2) is 5.76 Å². The lowest BCUT2D eigenvalue weighted by Crippen LogP contribution is -1.94. The van der Waals surface area contributed by atoms with Gasteiger partial charge in [0.05, 0.1) is 0 Å². The van der Waals surface area contributed by atoms with E-state index in [0.29, 0.717) is 17.3 Å². The number of nitrogens with zero attached hydrogens (tertiary/aromatic N) is 2. The van der Waals surface area contributed by atoms with Crippen molar-refractivity contribution >= 4 is 26.9 Å². The normalized spacial score (nSPS) is 14.9. The van der Waals surface area contributed by atoms with Crippen LogP contribution in [0.4, 0.5) is 4.39 Å². The minimum Gasteiger partial charge on any atom is -0.454 e. The molecular formula is C15H10BrFN2O. The first kappa shape index (κ1) is 12.0. The molecule has 100 valence electrons. The van der Waals surface area contributed by atoms with Gasteiger partial charge in [0, 0.05) is 17.4 Å². The van der Waals surface area contributed by atoms with Gasteiger partial charge in [-0.05, 0) is 53.0 Å². The van der Waals surface area contributed by atoms with Gasteiger partial charge in [0.1, 0.15) is 27.5 Å². The van der Waals surface area contributed by atoms with Crippen LogP contribution in [0.1, 0.15) is 24.6 Å². The summed E-state index contributed by atoms with van der Waals surface area (Å²) < 4.78 is 19.7. The first-order chi connectivity index (χ1) is 9.69. The lowest BCUT2D eigenvalue weighted by Gasteiger charge is -2.01. The van der Waals surface area contributed by atoms with E-state index < -0.39 is 0 Å². The van der Waals surface area contributed by atoms with Crippen LogP contribution in [0.2, 0.25) is 0 Å². The van der Waals surface area contributed by atoms with Crippen molar-refractivity contribution < 1.29 is 8.81 Å². The highest BCUT2D eigenvalue weighted by Crippen LogP contribution is 2.39. The van der Waals surface area contributed by atoms with Crippen molar-refractivity contribution in [2.45, 2.75) is 18.8 Å². The largest absolute Gasteiger partial charge is 0.454 e. The fourth-order valence-corrected chi connectivity index (χ4v) is 2.62. The highest BCUT2D eigenvalue weighted by atomic mass is 79.9. The Labute approximate surface area is 123 Å². The number of rotatable bonds is 2. The second-order valence-electron chi connectivity index (χ2n) is 5.00. The molecule has 1 saturated carbocycles. The summed E-state index contributed by atoms with van der Waals surface area (Å²) in [6, 6.07) is 8.11. The second kappa shape index (κ2) is 4.38. The third-order valence-corrected chi connectivity index (χ3v) is 3.79. The van der Waals surface area contributed by atoms with Gasteiger partial charge in [0.25, 0.3) is 0 Å². The lowest BCUT2D eigenvalue weighted by molar-refractivity contribution is 0.617. The molecule has 2 heterocycles. The molecule has 0 amide bonds. The Kier molecular flexibility index (Phi) is 2.63. The molecule has 3 nitrogen and oxygen atoms in total. The standard InChI is InChI=1S/C15H10BrFN2O/c16-14-7-11(18-15(19-14)8-1-2-8)13-6-9-5-10(17)3-4-12(9)20-13/h3-8H,1-2H2. The van der Waals surface area contributed by atoms with Crippen LogP contribution in [-0.4, -0.2) is 9.97 Å². The van der Waals surface area contributed by atoms with Gasteiger partial charge < -0.3 is 4.42 Å². The van der Waals surface area contributed by atoms with Gasteiger partial charge in [-0.3, -0.25) is 0 Å². The molecule has 0 radical (unpaired) electrons. The zero-order valence-corrected chi connectivity index (χ0v) is 12.0. The molecule has 3 aromatic rings. The summed E-state index contributed by atoms with van der Waals surface area (Å²) in [7, 11) is 0. The third-order valence-electron chi connectivity index (χ3n) is 3.39. The molecule has 4 rings (SSSR count). The third kappa shape index (κ3) is 2.12. The molecule has 5 heteroatoms. The van der Waals surface area contributed by atoms with Crippen molar-refractivity contribution in [3.8, 4) is 11.5 Å². The average molecular weight is 333 g/mol. The number of fused-ring (bicyclic) bond motifs is 1. The summed E-state index contributed by atoms with van der Waals surface area (Å²) in [5.41, 5.74) is 1.38. The predicted octanol–water partition coefficient (Wildman–Crippen LogP) is 4.67. The molecule has 0 bridgehead atoms. The maximum atomic E-state index is 13.2. The fourth-order valence-electron chi connectivity index (χ4n) is 2.23. The lowest BCUT2D eigenvalue weighted by atomic mass is 10.2. The fraction of sp³-hybridized carbons (Fsp3) is 0.200. The van der Waals surface area contributed by atoms with Crippen LogP contribution in [0.5, 0.6) is 0 Å². The maximum absolute atomic E-state index is 13.2. The van der Waals surface area contributed by atoms with Gasteiger partial charge >= 0.3 is 0 Å². The zero-order chi connectivity index (χ0) is 13.7. The summed E-state index contributed by atoms with van der Waals surface area (Å²) in [5.74, 6) is 1.68. The van der Waals surface area contributed by atoms with Crippen molar-refractivity contribution in [2.24, 2.45) is 0 Å². The molecule has 0 aliphatic heterocycles. The van der Waals surface area contributed by atoms with E-state index in [2.05, 4.69) is 25.9 Å². The molecule has 20 heavy (non-hydrogen) atoms. The van der Waals surface area contributed by atoms with Crippen LogP contribution < -0.4 is 0 Å². The number of benzene rings is 1. The van der Waals surface area contributed by atoms with Gasteiger partial charge in [-0.25, -0.2) is 14.4 Å². The molecule has 0 saturated heterocycles. The molecule has 1 aliphatic rings. The Morgan fingerprint density at radius 1 is 1.15 bits per heavy atom. The summed E-state index contributed by atoms with van der Waals surface area (Å²) in [6.45, 7) is 0. The predicted molar refractivity (Wildman–Crippen MR) is 76.9 cm³/mol. The van der Waals surface area contributed by atoms with Crippen molar-refractivity contribution in [2.75, 3.05) is 0 Å². The number of furan rings is 1. The minimum absolute atomic E-state index is 0.271. The molecule has 2 aromatic heterocycles. The van der Waals surface area contributed by atoms with Crippen LogP contribution in [0.25, 0.3) is 22.4 Å². The Hall–Kier alpha value is -1.75. The van der Waals surface area contributed by atoms with E-state index >= 15 is 0 Å². The quantitative estimate of drug-likeness (QED) is 0.640. The van der Waals surface area contributed by atoms with Crippen LogP contribution in [0, 0.1) is 5.82 Å². The smallest absolute Gasteiger partial charge is 0.153 e. The summed E-state index contributed by atoms with van der Waals surface area (Å²) in [6.07, 6.45) is 2.28. The van der Waals surface area contributed by atoms with Gasteiger partial charge in [-0.1, -0.05) is 0 Å². The highest BCUT2D eigenvalue weighted by Gasteiger charge is 2.27. The van der Waals surface area contributed by atoms with Gasteiger partial charge in [0.2, 0.25) is 0 Å². The van der Waals surface area contributed by atoms with E-state index in [-0.39, 0.29) is 5.82 Å². The van der Waals surface area contributed by atoms with Gasteiger partial charge in [-0.15, -0.1) is 0 Å². The van der Waals surface area contributed by atoms with E-state index in [1.54, 1.807) is 6.07 Å². The molecule has 1 aliphatic carbocycles. The van der Waals surface area contributed by atoms with E-state index in [1.165, 1.54) is 12.1 Å². The van der Waals surface area contributed by atoms with Crippen LogP contribution >= 0.6 is 15.9 Å². The van der Waals surface area contributed by atoms with Crippen molar-refractivity contribution in [1.82, 2.24) is 9.97 Å². The highest BCUT2D eigenvalue weighted by molar-refractivity contribution is 9.10. The minimum atomic E-state index is -0.271. The van der Waals surface area contributed by atoms with Crippen molar-refractivity contribution in [1.29, 1.82) is 0 Å². The van der Waals surface area contributed by atoms with Crippen LogP contribution in [0.3, 0.4) is 0 Å². The maximum Gasteiger partial charge on any atom is 0.153 e. The van der Waals surface area contributed by atoms with E-state index in [9.17, 15) is 4.39 Å². The van der Waals surface area contributed by atoms with Crippen LogP contribution in [-0.2, 0) is 0 Å². The summed E-state index contributed by atoms with van der Waals surface area (Å²) in [4.78, 5) is 8.95. The number of halogens is 2. The summed E-state index contributed by atoms with van der Waals surface area (Å²) in [5, 5.41) is 0.739. The summed E-state index contributed by atoms with van der Waals surface area (Å²) >= 11 is 3.41. The van der Waals surface area contributed by atoms with Gasteiger partial charge in [-0.2, -0.15) is 0 Å². The molecule has 1 aromatic carbocycles. The number of hydrogen-bond donors (Lipinski definition) is 0. The Morgan fingerprint density at radius 3 is 2.80 bits per heavy atom. The monoisotopic (exact) mass is 332 g/mol. The van der Waals surface area contributed by atoms with Crippen LogP contribution in [0.15, 0.2) is 39.4 Å². The first-order valence-electron chi connectivity index (χ1n) is 6.43. The molecule has 0 atom stereocenters. The molecular weight excluding hydrogens is 323 g/mol. The first-order valence-corrected chi connectivity index (χ1v) is 7.22. The van der Waals surface area contributed by atoms with E-state index in [4.69, 9.17) is 4.42 Å². The van der Waals surface area contributed by atoms with E-state index in [0.717, 1.165) is 34.3 Å². The SMILES string of the molecule is Fc1ccc2oc(-c3cc(Br)nc(C4CC4)n3)cc2c1. The Balaban J connectivity index is 1.85. The molecule has 0 spiro atoms.